The minimum Gasteiger partial charge on any atom is -0.429 e. The molecule has 3 fully saturated rings. The van der Waals surface area contributed by atoms with Crippen molar-refractivity contribution in [1.29, 1.82) is 0 Å². The zero-order valence-corrected chi connectivity index (χ0v) is 52.4. The molecule has 0 radical (unpaired) electrons. The molecule has 506 valence electrons. The Morgan fingerprint density at radius 1 is 0.358 bits per heavy atom. The van der Waals surface area contributed by atoms with Gasteiger partial charge in [0, 0.05) is 17.7 Å². The predicted octanol–water partition coefficient (Wildman–Crippen LogP) is 24.9. The van der Waals surface area contributed by atoms with Crippen LogP contribution in [0.3, 0.4) is 0 Å². The molecule has 0 aliphatic heterocycles. The highest BCUT2D eigenvalue weighted by Gasteiger charge is 2.42. The second-order valence-electron chi connectivity index (χ2n) is 25.0. The number of halogens is 17. The minimum atomic E-state index is -5.08. The molecule has 8 aromatic rings. The average molecular weight is 1340 g/mol. The van der Waals surface area contributed by atoms with Crippen LogP contribution in [-0.4, -0.2) is 6.36 Å². The lowest BCUT2D eigenvalue weighted by molar-refractivity contribution is -0.275. The van der Waals surface area contributed by atoms with Crippen LogP contribution in [0.1, 0.15) is 158 Å². The first kappa shape index (κ1) is 71.5. The Bertz CT molecular complexity index is 3810. The van der Waals surface area contributed by atoms with Crippen LogP contribution in [-0.2, 0) is 12.5 Å². The van der Waals surface area contributed by atoms with Gasteiger partial charge in [-0.2, -0.15) is 8.78 Å². The summed E-state index contributed by atoms with van der Waals surface area (Å²) in [7, 11) is 0. The standard InChI is InChI=1S/C28H26F6O.C27H32F4.C21H13F7O/c1-2-3-17-4-6-18(7-5-17)19-8-10-20(11-9-19)22-15-24(30)27(25(31)16-22)21-12-13-26(23(29)14-21)35-28(32,33)34;1-2-3-17-4-6-18(7-5-17)19-8-10-20(11-9-19)21-12-13-23(24(28)14-21)22-15-25(29)27(31)26(30)16-22;1-2-11-3-5-12(6-4-11)13-7-15(22)19(16(23)8-13)21(27,28)29-14-9-17(24)20(26)18(25)10-14/h8-18H,2-7H2,1H3;12-20H,2-11H2,1H3;3-10H,2H2,1H3. The number of aryl methyl sites for hydroxylation is 1. The molecule has 3 saturated carbocycles. The molecule has 95 heavy (non-hydrogen) atoms. The summed E-state index contributed by atoms with van der Waals surface area (Å²) in [5, 5.41) is 0. The second kappa shape index (κ2) is 31.4. The lowest BCUT2D eigenvalue weighted by Crippen LogP contribution is -2.25. The fourth-order valence-corrected chi connectivity index (χ4v) is 13.8. The van der Waals surface area contributed by atoms with Crippen LogP contribution in [0, 0.1) is 93.5 Å². The van der Waals surface area contributed by atoms with E-state index in [1.807, 2.05) is 37.3 Å². The van der Waals surface area contributed by atoms with Gasteiger partial charge in [0.1, 0.15) is 40.4 Å². The van der Waals surface area contributed by atoms with Crippen LogP contribution in [0.15, 0.2) is 133 Å². The van der Waals surface area contributed by atoms with Gasteiger partial charge in [0.15, 0.2) is 46.5 Å². The van der Waals surface area contributed by atoms with Crippen molar-refractivity contribution in [3.05, 3.63) is 226 Å². The molecule has 0 N–H and O–H groups in total. The van der Waals surface area contributed by atoms with E-state index >= 15 is 0 Å². The number of ether oxygens (including phenoxy) is 2. The van der Waals surface area contributed by atoms with E-state index in [2.05, 4.69) is 23.3 Å². The van der Waals surface area contributed by atoms with Crippen LogP contribution in [0.2, 0.25) is 0 Å². The van der Waals surface area contributed by atoms with E-state index in [4.69, 9.17) is 0 Å². The van der Waals surface area contributed by atoms with Crippen LogP contribution >= 0.6 is 0 Å². The maximum Gasteiger partial charge on any atom is 0.573 e. The van der Waals surface area contributed by atoms with Crippen LogP contribution in [0.5, 0.6) is 11.5 Å². The third-order valence-electron chi connectivity index (χ3n) is 18.8. The Morgan fingerprint density at radius 2 is 0.768 bits per heavy atom. The number of rotatable bonds is 16. The Hall–Kier alpha value is -7.83. The molecule has 8 aromatic carbocycles. The largest absolute Gasteiger partial charge is 0.573 e. The Labute approximate surface area is 541 Å². The van der Waals surface area contributed by atoms with E-state index in [0.717, 1.165) is 97.2 Å². The first-order chi connectivity index (χ1) is 45.2. The topological polar surface area (TPSA) is 18.5 Å². The molecule has 19 heteroatoms. The number of hydrogen-bond acceptors (Lipinski definition) is 2. The van der Waals surface area contributed by atoms with Crippen molar-refractivity contribution in [3.8, 4) is 56.0 Å². The summed E-state index contributed by atoms with van der Waals surface area (Å²) >= 11 is 0. The van der Waals surface area contributed by atoms with Crippen molar-refractivity contribution in [2.45, 2.75) is 154 Å². The van der Waals surface area contributed by atoms with Crippen molar-refractivity contribution in [2.24, 2.45) is 23.7 Å². The van der Waals surface area contributed by atoms with E-state index < -0.39 is 105 Å². The quantitative estimate of drug-likeness (QED) is 0.0709. The lowest BCUT2D eigenvalue weighted by Gasteiger charge is -2.38. The first-order valence-electron chi connectivity index (χ1n) is 32.1. The Kier molecular flexibility index (Phi) is 23.6. The summed E-state index contributed by atoms with van der Waals surface area (Å²) in [6.07, 6.45) is 11.0. The van der Waals surface area contributed by atoms with E-state index in [1.54, 1.807) is 30.3 Å². The van der Waals surface area contributed by atoms with Crippen LogP contribution < -0.4 is 9.47 Å². The van der Waals surface area contributed by atoms with Crippen LogP contribution in [0.4, 0.5) is 74.6 Å². The highest BCUT2D eigenvalue weighted by Crippen LogP contribution is 2.46. The van der Waals surface area contributed by atoms with E-state index in [0.29, 0.717) is 52.8 Å². The van der Waals surface area contributed by atoms with E-state index in [-0.39, 0.29) is 34.4 Å². The smallest absolute Gasteiger partial charge is 0.429 e. The molecule has 2 nitrogen and oxygen atoms in total. The highest BCUT2D eigenvalue weighted by molar-refractivity contribution is 5.73. The van der Waals surface area contributed by atoms with Crippen molar-refractivity contribution < 1.29 is 84.1 Å². The van der Waals surface area contributed by atoms with Gasteiger partial charge in [-0.15, -0.1) is 13.2 Å². The number of alkyl halides is 5. The molecule has 0 aromatic heterocycles. The fourth-order valence-electron chi connectivity index (χ4n) is 13.8. The van der Waals surface area contributed by atoms with Gasteiger partial charge >= 0.3 is 12.5 Å². The van der Waals surface area contributed by atoms with Gasteiger partial charge in [-0.25, -0.2) is 52.7 Å². The minimum absolute atomic E-state index is 0.0149. The monoisotopic (exact) mass is 1340 g/mol. The highest BCUT2D eigenvalue weighted by atomic mass is 19.4. The normalized spacial score (nSPS) is 19.1. The molecule has 3 aliphatic rings. The molecular formula is C76H71F17O2. The maximum absolute atomic E-state index is 14.9. The maximum atomic E-state index is 14.9. The summed E-state index contributed by atoms with van der Waals surface area (Å²) in [6.45, 7) is 6.41. The van der Waals surface area contributed by atoms with Gasteiger partial charge in [0.25, 0.3) is 0 Å². The summed E-state index contributed by atoms with van der Waals surface area (Å²) in [4.78, 5) is 0. The van der Waals surface area contributed by atoms with E-state index in [9.17, 15) is 74.6 Å². The molecule has 0 heterocycles. The molecular weight excluding hydrogens is 1270 g/mol. The zero-order valence-electron chi connectivity index (χ0n) is 52.4. The van der Waals surface area contributed by atoms with Gasteiger partial charge < -0.3 is 9.47 Å². The third kappa shape index (κ3) is 18.0. The summed E-state index contributed by atoms with van der Waals surface area (Å²) in [5.41, 5.74) is 2.15. The summed E-state index contributed by atoms with van der Waals surface area (Å²) in [6, 6.07) is 27.2. The predicted molar refractivity (Wildman–Crippen MR) is 332 cm³/mol. The summed E-state index contributed by atoms with van der Waals surface area (Å²) < 4.78 is 240. The molecule has 0 unspecified atom stereocenters. The van der Waals surface area contributed by atoms with Gasteiger partial charge in [0.05, 0.1) is 5.56 Å². The number of benzene rings is 8. The molecule has 0 atom stereocenters. The van der Waals surface area contributed by atoms with Gasteiger partial charge in [-0.1, -0.05) is 126 Å². The van der Waals surface area contributed by atoms with E-state index in [1.165, 1.54) is 88.7 Å². The molecule has 3 aliphatic carbocycles. The number of hydrogen-bond donors (Lipinski definition) is 0. The van der Waals surface area contributed by atoms with Crippen molar-refractivity contribution in [2.75, 3.05) is 0 Å². The zero-order chi connectivity index (χ0) is 68.5. The molecule has 0 amide bonds. The fraction of sp³-hybridized carbons (Fsp3) is 0.368. The van der Waals surface area contributed by atoms with Crippen LogP contribution in [0.25, 0.3) is 44.5 Å². The lowest BCUT2D eigenvalue weighted by atomic mass is 9.68. The molecule has 0 bridgehead atoms. The molecule has 11 rings (SSSR count). The SMILES string of the molecule is CCCC1CCC(C2CCC(c3ccc(-c4cc(F)c(F)c(F)c4)c(F)c3)CC2)CC1.CCCC1CCC(c2ccc(-c3cc(F)c(-c4ccc(OC(F)(F)F)c(F)c4)c(F)c3)cc2)CC1.CCc1ccc(-c2cc(F)c(C(F)(F)Oc3cc(F)c(F)c(F)c3)c(F)c2)cc1. The van der Waals surface area contributed by atoms with Crippen molar-refractivity contribution >= 4 is 0 Å². The van der Waals surface area contributed by atoms with Gasteiger partial charge in [-0.05, 0) is 211 Å². The van der Waals surface area contributed by atoms with Gasteiger partial charge in [0.2, 0.25) is 0 Å². The molecule has 0 spiro atoms. The first-order valence-corrected chi connectivity index (χ1v) is 32.1. The Balaban J connectivity index is 0.000000168. The van der Waals surface area contributed by atoms with Crippen molar-refractivity contribution in [3.63, 3.8) is 0 Å². The van der Waals surface area contributed by atoms with Gasteiger partial charge in [-0.3, -0.25) is 0 Å². The Morgan fingerprint density at radius 3 is 1.24 bits per heavy atom. The third-order valence-corrected chi connectivity index (χ3v) is 18.8. The second-order valence-corrected chi connectivity index (χ2v) is 25.0. The molecule has 0 saturated heterocycles. The average Bonchev–Trinajstić information content (AvgIpc) is 0.798. The van der Waals surface area contributed by atoms with Crippen molar-refractivity contribution in [1.82, 2.24) is 0 Å². The summed E-state index contributed by atoms with van der Waals surface area (Å²) in [5.74, 6) is -14.6.